The van der Waals surface area contributed by atoms with Crippen molar-refractivity contribution in [2.45, 2.75) is 6.10 Å². The summed E-state index contributed by atoms with van der Waals surface area (Å²) < 4.78 is 13.3. The van der Waals surface area contributed by atoms with E-state index < -0.39 is 23.4 Å². The average molecular weight is 264 g/mol. The largest absolute Gasteiger partial charge is 0.382 e. The Balaban J connectivity index is 2.89. The van der Waals surface area contributed by atoms with Crippen LogP contribution in [-0.2, 0) is 0 Å². The molecule has 14 heavy (non-hydrogen) atoms. The second-order valence-electron chi connectivity index (χ2n) is 2.73. The van der Waals surface area contributed by atoms with Gasteiger partial charge in [-0.3, -0.25) is 10.1 Å². The van der Waals surface area contributed by atoms with Crippen LogP contribution in [0.4, 0.5) is 4.39 Å². The molecule has 1 N–H and O–H groups in total. The molecule has 0 spiro atoms. The number of benzene rings is 1. The fourth-order valence-electron chi connectivity index (χ4n) is 1.01. The summed E-state index contributed by atoms with van der Waals surface area (Å²) in [6.45, 7) is -0.629. The number of aliphatic hydroxyl groups excluding tert-OH is 1. The molecule has 0 aliphatic carbocycles. The maximum absolute atomic E-state index is 12.8. The Morgan fingerprint density at radius 2 is 2.21 bits per heavy atom. The quantitative estimate of drug-likeness (QED) is 0.669. The van der Waals surface area contributed by atoms with Crippen molar-refractivity contribution in [1.82, 2.24) is 0 Å². The standard InChI is InChI=1S/C8H7BrFNO3/c9-6-1-5(2-7(10)3-6)8(12)4-11(13)14/h1-3,8,12H,4H2. The van der Waals surface area contributed by atoms with Crippen LogP contribution in [0.15, 0.2) is 22.7 Å². The van der Waals surface area contributed by atoms with Gasteiger partial charge in [-0.15, -0.1) is 0 Å². The molecule has 0 fully saturated rings. The summed E-state index contributed by atoms with van der Waals surface area (Å²) >= 11 is 3.03. The second-order valence-corrected chi connectivity index (χ2v) is 3.65. The Morgan fingerprint density at radius 1 is 1.57 bits per heavy atom. The first-order chi connectivity index (χ1) is 6.49. The zero-order valence-corrected chi connectivity index (χ0v) is 8.57. The van der Waals surface area contributed by atoms with E-state index in [2.05, 4.69) is 15.9 Å². The highest BCUT2D eigenvalue weighted by Gasteiger charge is 2.15. The SMILES string of the molecule is O=[N+]([O-])CC(O)c1cc(F)cc(Br)c1. The van der Waals surface area contributed by atoms with Crippen LogP contribution in [0, 0.1) is 15.9 Å². The average Bonchev–Trinajstić information content (AvgIpc) is 2.00. The molecule has 1 aromatic carbocycles. The monoisotopic (exact) mass is 263 g/mol. The molecule has 0 radical (unpaired) electrons. The van der Waals surface area contributed by atoms with Crippen LogP contribution in [0.25, 0.3) is 0 Å². The van der Waals surface area contributed by atoms with E-state index in [1.165, 1.54) is 12.1 Å². The third-order valence-corrected chi connectivity index (χ3v) is 2.05. The van der Waals surface area contributed by atoms with Gasteiger partial charge in [0.05, 0.1) is 0 Å². The van der Waals surface area contributed by atoms with Crippen LogP contribution < -0.4 is 0 Å². The lowest BCUT2D eigenvalue weighted by atomic mass is 10.1. The molecular formula is C8H7BrFNO3. The fraction of sp³-hybridized carbons (Fsp3) is 0.250. The molecule has 1 aromatic rings. The third-order valence-electron chi connectivity index (χ3n) is 1.59. The van der Waals surface area contributed by atoms with Crippen LogP contribution in [0.5, 0.6) is 0 Å². The Morgan fingerprint density at radius 3 is 2.71 bits per heavy atom. The summed E-state index contributed by atoms with van der Waals surface area (Å²) in [5.74, 6) is -0.545. The lowest BCUT2D eigenvalue weighted by molar-refractivity contribution is -0.491. The van der Waals surface area contributed by atoms with E-state index in [1.807, 2.05) is 0 Å². The van der Waals surface area contributed by atoms with Gasteiger partial charge in [0.1, 0.15) is 11.9 Å². The summed E-state index contributed by atoms with van der Waals surface area (Å²) in [7, 11) is 0. The van der Waals surface area contributed by atoms with E-state index in [1.54, 1.807) is 0 Å². The van der Waals surface area contributed by atoms with E-state index in [9.17, 15) is 19.6 Å². The Bertz CT molecular complexity index is 338. The topological polar surface area (TPSA) is 63.4 Å². The molecule has 0 amide bonds. The van der Waals surface area contributed by atoms with Gasteiger partial charge in [0.15, 0.2) is 0 Å². The Kier molecular flexibility index (Phi) is 3.54. The van der Waals surface area contributed by atoms with Crippen molar-refractivity contribution in [3.8, 4) is 0 Å². The van der Waals surface area contributed by atoms with Crippen LogP contribution in [0.1, 0.15) is 11.7 Å². The van der Waals surface area contributed by atoms with Crippen LogP contribution in [0.2, 0.25) is 0 Å². The highest BCUT2D eigenvalue weighted by Crippen LogP contribution is 2.20. The number of nitro groups is 1. The minimum atomic E-state index is -1.28. The van der Waals surface area contributed by atoms with Gasteiger partial charge in [0, 0.05) is 9.40 Å². The number of nitrogens with zero attached hydrogens (tertiary/aromatic N) is 1. The summed E-state index contributed by atoms with van der Waals surface area (Å²) in [6.07, 6.45) is -1.28. The van der Waals surface area contributed by atoms with Gasteiger partial charge in [-0.2, -0.15) is 0 Å². The number of rotatable bonds is 3. The molecule has 0 aromatic heterocycles. The maximum atomic E-state index is 12.8. The molecule has 1 atom stereocenters. The molecule has 76 valence electrons. The van der Waals surface area contributed by atoms with Gasteiger partial charge in [-0.25, -0.2) is 4.39 Å². The van der Waals surface area contributed by atoms with Gasteiger partial charge in [0.25, 0.3) is 0 Å². The molecule has 0 aliphatic rings. The van der Waals surface area contributed by atoms with E-state index >= 15 is 0 Å². The van der Waals surface area contributed by atoms with Gasteiger partial charge in [0.2, 0.25) is 6.54 Å². The molecule has 0 aliphatic heterocycles. The smallest absolute Gasteiger partial charge is 0.233 e. The maximum Gasteiger partial charge on any atom is 0.233 e. The minimum Gasteiger partial charge on any atom is -0.382 e. The van der Waals surface area contributed by atoms with Crippen LogP contribution in [0.3, 0.4) is 0 Å². The molecule has 0 heterocycles. The molecule has 6 heteroatoms. The Hall–Kier alpha value is -1.01. The molecule has 1 rings (SSSR count). The van der Waals surface area contributed by atoms with E-state index in [0.29, 0.717) is 4.47 Å². The predicted molar refractivity (Wildman–Crippen MR) is 50.9 cm³/mol. The Labute approximate surface area is 87.6 Å². The molecule has 0 saturated carbocycles. The van der Waals surface area contributed by atoms with Crippen molar-refractivity contribution in [2.24, 2.45) is 0 Å². The van der Waals surface area contributed by atoms with Gasteiger partial charge < -0.3 is 5.11 Å². The second kappa shape index (κ2) is 4.47. The molecular weight excluding hydrogens is 257 g/mol. The molecule has 0 saturated heterocycles. The molecule has 0 bridgehead atoms. The fourth-order valence-corrected chi connectivity index (χ4v) is 1.50. The minimum absolute atomic E-state index is 0.188. The highest BCUT2D eigenvalue weighted by atomic mass is 79.9. The van der Waals surface area contributed by atoms with Crippen LogP contribution in [-0.4, -0.2) is 16.6 Å². The number of hydrogen-bond donors (Lipinski definition) is 1. The lowest BCUT2D eigenvalue weighted by Gasteiger charge is -2.06. The first-order valence-electron chi connectivity index (χ1n) is 3.75. The van der Waals surface area contributed by atoms with E-state index in [4.69, 9.17) is 0 Å². The van der Waals surface area contributed by atoms with Crippen molar-refractivity contribution < 1.29 is 14.4 Å². The molecule has 1 unspecified atom stereocenters. The third kappa shape index (κ3) is 3.04. The summed E-state index contributed by atoms with van der Waals surface area (Å²) in [6, 6.07) is 3.72. The van der Waals surface area contributed by atoms with Gasteiger partial charge in [-0.05, 0) is 23.8 Å². The number of halogens is 2. The molecule has 4 nitrogen and oxygen atoms in total. The summed E-state index contributed by atoms with van der Waals surface area (Å²) in [4.78, 5) is 9.44. The normalized spacial score (nSPS) is 12.5. The van der Waals surface area contributed by atoms with Crippen LogP contribution >= 0.6 is 15.9 Å². The van der Waals surface area contributed by atoms with Crippen molar-refractivity contribution in [1.29, 1.82) is 0 Å². The zero-order valence-electron chi connectivity index (χ0n) is 6.98. The summed E-state index contributed by atoms with van der Waals surface area (Å²) in [5, 5.41) is 19.4. The number of hydrogen-bond acceptors (Lipinski definition) is 3. The lowest BCUT2D eigenvalue weighted by Crippen LogP contribution is -2.11. The number of aliphatic hydroxyl groups is 1. The van der Waals surface area contributed by atoms with Gasteiger partial charge >= 0.3 is 0 Å². The predicted octanol–water partition coefficient (Wildman–Crippen LogP) is 1.90. The van der Waals surface area contributed by atoms with Crippen molar-refractivity contribution in [3.05, 3.63) is 44.2 Å². The first-order valence-corrected chi connectivity index (χ1v) is 4.54. The van der Waals surface area contributed by atoms with Crippen molar-refractivity contribution in [3.63, 3.8) is 0 Å². The van der Waals surface area contributed by atoms with Gasteiger partial charge in [-0.1, -0.05) is 15.9 Å². The zero-order chi connectivity index (χ0) is 10.7. The van der Waals surface area contributed by atoms with E-state index in [0.717, 1.165) is 6.07 Å². The highest BCUT2D eigenvalue weighted by molar-refractivity contribution is 9.10. The van der Waals surface area contributed by atoms with Crippen molar-refractivity contribution in [2.75, 3.05) is 6.54 Å². The van der Waals surface area contributed by atoms with E-state index in [-0.39, 0.29) is 5.56 Å². The first kappa shape index (κ1) is 11.1. The summed E-state index contributed by atoms with van der Waals surface area (Å²) in [5.41, 5.74) is 0.188. The van der Waals surface area contributed by atoms with Crippen molar-refractivity contribution >= 4 is 15.9 Å².